The van der Waals surface area contributed by atoms with Crippen LogP contribution < -0.4 is 5.32 Å². The fourth-order valence-corrected chi connectivity index (χ4v) is 3.35. The summed E-state index contributed by atoms with van der Waals surface area (Å²) >= 11 is 0. The zero-order chi connectivity index (χ0) is 21.1. The van der Waals surface area contributed by atoms with E-state index in [2.05, 4.69) is 5.32 Å². The zero-order valence-corrected chi connectivity index (χ0v) is 16.8. The van der Waals surface area contributed by atoms with Crippen molar-refractivity contribution >= 4 is 17.5 Å². The Morgan fingerprint density at radius 1 is 0.966 bits per heavy atom. The van der Waals surface area contributed by atoms with Crippen molar-refractivity contribution in [3.05, 3.63) is 64.7 Å². The van der Waals surface area contributed by atoms with Crippen LogP contribution in [0.1, 0.15) is 28.4 Å². The van der Waals surface area contributed by atoms with E-state index < -0.39 is 17.7 Å². The van der Waals surface area contributed by atoms with Crippen LogP contribution in [0.5, 0.6) is 0 Å². The molecule has 0 aromatic heterocycles. The highest BCUT2D eigenvalue weighted by Gasteiger charge is 2.28. The van der Waals surface area contributed by atoms with E-state index in [0.717, 1.165) is 5.56 Å². The van der Waals surface area contributed by atoms with Gasteiger partial charge in [-0.05, 0) is 56.2 Å². The van der Waals surface area contributed by atoms with Crippen molar-refractivity contribution in [2.24, 2.45) is 0 Å². The number of benzene rings is 2. The molecular formula is C22H25F2N3O2. The summed E-state index contributed by atoms with van der Waals surface area (Å²) in [4.78, 5) is 28.8. The summed E-state index contributed by atoms with van der Waals surface area (Å²) in [5, 5.41) is 2.78. The Hall–Kier alpha value is -2.80. The van der Waals surface area contributed by atoms with Crippen molar-refractivity contribution in [1.82, 2.24) is 9.80 Å². The summed E-state index contributed by atoms with van der Waals surface area (Å²) in [7, 11) is 0. The number of rotatable bonds is 4. The van der Waals surface area contributed by atoms with Crippen molar-refractivity contribution in [3.8, 4) is 0 Å². The first kappa shape index (κ1) is 20.9. The smallest absolute Gasteiger partial charge is 0.254 e. The number of piperazine rings is 1. The maximum Gasteiger partial charge on any atom is 0.254 e. The molecule has 1 atom stereocenters. The predicted molar refractivity (Wildman–Crippen MR) is 108 cm³/mol. The van der Waals surface area contributed by atoms with E-state index >= 15 is 0 Å². The molecule has 154 valence electrons. The first-order valence-corrected chi connectivity index (χ1v) is 9.63. The number of hydrogen-bond acceptors (Lipinski definition) is 3. The SMILES string of the molecule is Cc1ccc(C(=O)N2CCN(C(C)C(=O)Nc3cc(F)ccc3C)CC2)cc1F. The van der Waals surface area contributed by atoms with Gasteiger partial charge in [0, 0.05) is 37.4 Å². The highest BCUT2D eigenvalue weighted by molar-refractivity contribution is 5.95. The van der Waals surface area contributed by atoms with Crippen molar-refractivity contribution in [2.75, 3.05) is 31.5 Å². The van der Waals surface area contributed by atoms with Crippen LogP contribution >= 0.6 is 0 Å². The standard InChI is InChI=1S/C22H25F2N3O2/c1-14-4-6-17(12-19(14)24)22(29)27-10-8-26(9-11-27)16(3)21(28)25-20-13-18(23)7-5-15(20)2/h4-7,12-13,16H,8-11H2,1-3H3,(H,25,28). The molecule has 1 saturated heterocycles. The van der Waals surface area contributed by atoms with Crippen LogP contribution in [0.2, 0.25) is 0 Å². The van der Waals surface area contributed by atoms with Gasteiger partial charge in [0.05, 0.1) is 6.04 Å². The average molecular weight is 401 g/mol. The van der Waals surface area contributed by atoms with Gasteiger partial charge in [-0.15, -0.1) is 0 Å². The fourth-order valence-electron chi connectivity index (χ4n) is 3.35. The molecule has 29 heavy (non-hydrogen) atoms. The van der Waals surface area contributed by atoms with E-state index in [-0.39, 0.29) is 11.8 Å². The topological polar surface area (TPSA) is 52.7 Å². The zero-order valence-electron chi connectivity index (χ0n) is 16.8. The third-order valence-electron chi connectivity index (χ3n) is 5.40. The van der Waals surface area contributed by atoms with E-state index in [0.29, 0.717) is 43.0 Å². The van der Waals surface area contributed by atoms with Crippen molar-refractivity contribution in [2.45, 2.75) is 26.8 Å². The van der Waals surface area contributed by atoms with Crippen LogP contribution in [-0.4, -0.2) is 53.8 Å². The van der Waals surface area contributed by atoms with Crippen LogP contribution in [0.15, 0.2) is 36.4 Å². The van der Waals surface area contributed by atoms with Crippen molar-refractivity contribution in [1.29, 1.82) is 0 Å². The van der Waals surface area contributed by atoms with Crippen LogP contribution in [0.4, 0.5) is 14.5 Å². The third kappa shape index (κ3) is 4.79. The molecular weight excluding hydrogens is 376 g/mol. The number of halogens is 2. The molecule has 7 heteroatoms. The van der Waals surface area contributed by atoms with Gasteiger partial charge in [-0.2, -0.15) is 0 Å². The first-order valence-electron chi connectivity index (χ1n) is 9.63. The Morgan fingerprint density at radius 2 is 1.62 bits per heavy atom. The molecule has 2 aromatic rings. The molecule has 0 bridgehead atoms. The second-order valence-corrected chi connectivity index (χ2v) is 7.42. The van der Waals surface area contributed by atoms with Gasteiger partial charge in [-0.3, -0.25) is 14.5 Å². The number of carbonyl (C=O) groups excluding carboxylic acids is 2. The highest BCUT2D eigenvalue weighted by atomic mass is 19.1. The maximum absolute atomic E-state index is 13.7. The van der Waals surface area contributed by atoms with Gasteiger partial charge < -0.3 is 10.2 Å². The van der Waals surface area contributed by atoms with E-state index in [1.165, 1.54) is 18.2 Å². The molecule has 5 nitrogen and oxygen atoms in total. The molecule has 1 aliphatic heterocycles. The number of hydrogen-bond donors (Lipinski definition) is 1. The third-order valence-corrected chi connectivity index (χ3v) is 5.40. The number of nitrogens with zero attached hydrogens (tertiary/aromatic N) is 2. The largest absolute Gasteiger partial charge is 0.336 e. The van der Waals surface area contributed by atoms with Crippen LogP contribution in [0, 0.1) is 25.5 Å². The Kier molecular flexibility index (Phi) is 6.27. The summed E-state index contributed by atoms with van der Waals surface area (Å²) in [6.07, 6.45) is 0. The van der Waals surface area contributed by atoms with E-state index in [4.69, 9.17) is 0 Å². The minimum absolute atomic E-state index is 0.212. The second-order valence-electron chi connectivity index (χ2n) is 7.42. The number of anilines is 1. The monoisotopic (exact) mass is 401 g/mol. The maximum atomic E-state index is 13.7. The fraction of sp³-hybridized carbons (Fsp3) is 0.364. The lowest BCUT2D eigenvalue weighted by Crippen LogP contribution is -2.54. The van der Waals surface area contributed by atoms with Crippen molar-refractivity contribution < 1.29 is 18.4 Å². The quantitative estimate of drug-likeness (QED) is 0.855. The molecule has 0 saturated carbocycles. The Labute approximate surface area is 169 Å². The molecule has 2 aromatic carbocycles. The lowest BCUT2D eigenvalue weighted by Gasteiger charge is -2.37. The molecule has 2 amide bonds. The summed E-state index contributed by atoms with van der Waals surface area (Å²) < 4.78 is 27.2. The molecule has 0 aliphatic carbocycles. The van der Waals surface area contributed by atoms with E-state index in [9.17, 15) is 18.4 Å². The van der Waals surface area contributed by atoms with E-state index in [1.807, 2.05) is 4.90 Å². The number of amides is 2. The lowest BCUT2D eigenvalue weighted by molar-refractivity contribution is -0.121. The predicted octanol–water partition coefficient (Wildman–Crippen LogP) is 3.37. The van der Waals surface area contributed by atoms with E-state index in [1.54, 1.807) is 43.9 Å². The second kappa shape index (κ2) is 8.69. The summed E-state index contributed by atoms with van der Waals surface area (Å²) in [6, 6.07) is 8.34. The van der Waals surface area contributed by atoms with Gasteiger partial charge in [0.25, 0.3) is 5.91 Å². The van der Waals surface area contributed by atoms with Gasteiger partial charge in [-0.25, -0.2) is 8.78 Å². The Balaban J connectivity index is 1.58. The summed E-state index contributed by atoms with van der Waals surface area (Å²) in [5.41, 5.74) is 2.07. The van der Waals surface area contributed by atoms with Crippen molar-refractivity contribution in [3.63, 3.8) is 0 Å². The average Bonchev–Trinajstić information content (AvgIpc) is 2.71. The van der Waals surface area contributed by atoms with Gasteiger partial charge in [0.1, 0.15) is 11.6 Å². The van der Waals surface area contributed by atoms with Gasteiger partial charge in [0.15, 0.2) is 0 Å². The molecule has 3 rings (SSSR count). The first-order chi connectivity index (χ1) is 13.8. The Bertz CT molecular complexity index is 924. The molecule has 0 spiro atoms. The normalized spacial score (nSPS) is 15.8. The lowest BCUT2D eigenvalue weighted by atomic mass is 10.1. The molecule has 1 N–H and O–H groups in total. The molecule has 1 aliphatic rings. The van der Waals surface area contributed by atoms with Crippen LogP contribution in [0.3, 0.4) is 0 Å². The minimum atomic E-state index is -0.424. The van der Waals surface area contributed by atoms with Crippen LogP contribution in [0.25, 0.3) is 0 Å². The number of carbonyl (C=O) groups is 2. The van der Waals surface area contributed by atoms with Gasteiger partial charge in [0.2, 0.25) is 5.91 Å². The minimum Gasteiger partial charge on any atom is -0.336 e. The molecule has 0 radical (unpaired) electrons. The molecule has 1 heterocycles. The summed E-state index contributed by atoms with van der Waals surface area (Å²) in [6.45, 7) is 7.19. The molecule has 1 unspecified atom stereocenters. The highest BCUT2D eigenvalue weighted by Crippen LogP contribution is 2.18. The van der Waals surface area contributed by atoms with Gasteiger partial charge in [-0.1, -0.05) is 12.1 Å². The summed E-state index contributed by atoms with van der Waals surface area (Å²) in [5.74, 6) is -1.24. The van der Waals surface area contributed by atoms with Crippen LogP contribution in [-0.2, 0) is 4.79 Å². The Morgan fingerprint density at radius 3 is 2.28 bits per heavy atom. The number of aryl methyl sites for hydroxylation is 2. The van der Waals surface area contributed by atoms with Gasteiger partial charge >= 0.3 is 0 Å². The number of nitrogens with one attached hydrogen (secondary N) is 1. The molecule has 1 fully saturated rings.